The molecule has 0 spiro atoms. The molecule has 1 aliphatic heterocycles. The zero-order chi connectivity index (χ0) is 84.5. The maximum absolute atomic E-state index is 14.9. The number of carboxylic acid groups (broad SMARTS) is 1. The fourth-order valence-corrected chi connectivity index (χ4v) is 13.8. The molecular weight excluding hydrogens is 1480 g/mol. The lowest BCUT2D eigenvalue weighted by molar-refractivity contribution is -0.149. The van der Waals surface area contributed by atoms with E-state index in [1.54, 1.807) is 62.1 Å². The number of nitrogens with one attached hydrogen (secondary N) is 3. The summed E-state index contributed by atoms with van der Waals surface area (Å²) in [5.41, 5.74) is 6.97. The van der Waals surface area contributed by atoms with Crippen LogP contribution in [-0.4, -0.2) is 281 Å². The Balaban J connectivity index is 1.47. The summed E-state index contributed by atoms with van der Waals surface area (Å²) < 4.78 is 67.1. The summed E-state index contributed by atoms with van der Waals surface area (Å²) >= 11 is 0. The van der Waals surface area contributed by atoms with Gasteiger partial charge in [-0.1, -0.05) is 118 Å². The molecule has 31 nitrogen and oxygen atoms in total. The zero-order valence-electron chi connectivity index (χ0n) is 70.3. The van der Waals surface area contributed by atoms with Crippen LogP contribution in [0.2, 0.25) is 0 Å². The van der Waals surface area contributed by atoms with Gasteiger partial charge < -0.3 is 103 Å². The van der Waals surface area contributed by atoms with Crippen molar-refractivity contribution in [3.8, 4) is 0 Å². The van der Waals surface area contributed by atoms with Crippen molar-refractivity contribution in [1.29, 1.82) is 0 Å². The first-order chi connectivity index (χ1) is 54.5. The standard InChI is InChI=1S/C83H137N7O24/c1-15-59(8)77(71(103-13)54-73(95)90-32-20-24-67(90)79(104-14)61(10)68(91)51-60(9)78(98)63-21-17-16-18-22-63)88(11)81(100)66(56(2)3)53-70(93)76(58(6)7)89(12)83(102)114-55-62-25-27-65(28-26-62)86-80(99)64(23-19-31-85-82(84)101)52-69(92)75(57(4)5)87-72(94)29-33-105-35-37-107-39-41-109-43-45-111-47-49-113-50-48-112-46-44-110-42-40-108-38-36-106-34-30-74(96)97/h16-18,21-22,25-28,56-61,64,66-67,71,75-79,98H,15,19-20,23-24,29-55H2,1-14H3,(H,86,99)(H,87,94)(H,96,97)(H3,84,85,101)/t59-,60-,61-,64+,66-,67-,71+,75-,76-,77-,78+,79+/m0/s1. The number of nitrogens with zero attached hydrogens (tertiary/aromatic N) is 3. The number of carboxylic acids is 1. The predicted molar refractivity (Wildman–Crippen MR) is 427 cm³/mol. The van der Waals surface area contributed by atoms with Crippen molar-refractivity contribution in [3.63, 3.8) is 0 Å². The van der Waals surface area contributed by atoms with E-state index in [4.69, 9.17) is 67.7 Å². The maximum atomic E-state index is 14.9. The molecule has 1 fully saturated rings. The normalized spacial score (nSPS) is 15.9. The summed E-state index contributed by atoms with van der Waals surface area (Å²) in [6.45, 7) is 25.1. The third-order valence-electron chi connectivity index (χ3n) is 20.4. The van der Waals surface area contributed by atoms with Gasteiger partial charge >= 0.3 is 18.1 Å². The number of hydrogen-bond donors (Lipinski definition) is 6. The number of primary amides is 1. The summed E-state index contributed by atoms with van der Waals surface area (Å²) in [5.74, 6) is -6.83. The number of nitrogens with two attached hydrogens (primary N) is 1. The zero-order valence-corrected chi connectivity index (χ0v) is 70.3. The monoisotopic (exact) mass is 1620 g/mol. The molecule has 3 rings (SSSR count). The molecular formula is C83H137N7O24. The van der Waals surface area contributed by atoms with Gasteiger partial charge in [-0.25, -0.2) is 9.59 Å². The van der Waals surface area contributed by atoms with E-state index in [2.05, 4.69) is 16.0 Å². The van der Waals surface area contributed by atoms with E-state index in [-0.39, 0.29) is 143 Å². The number of methoxy groups -OCH3 is 2. The van der Waals surface area contributed by atoms with Gasteiger partial charge in [0.05, 0.1) is 174 Å². The van der Waals surface area contributed by atoms with Gasteiger partial charge in [0, 0.05) is 90.5 Å². The van der Waals surface area contributed by atoms with Crippen LogP contribution in [0.15, 0.2) is 54.6 Å². The fraction of sp³-hybridized carbons (Fsp3) is 0.735. The van der Waals surface area contributed by atoms with Crippen LogP contribution in [0.3, 0.4) is 0 Å². The molecule has 1 saturated heterocycles. The molecule has 0 radical (unpaired) electrons. The van der Waals surface area contributed by atoms with Gasteiger partial charge in [0.1, 0.15) is 12.4 Å². The topological polar surface area (TPSA) is 394 Å². The molecule has 31 heteroatoms. The molecule has 0 bridgehead atoms. The van der Waals surface area contributed by atoms with E-state index in [1.165, 1.54) is 19.1 Å². The van der Waals surface area contributed by atoms with E-state index in [0.29, 0.717) is 136 Å². The van der Waals surface area contributed by atoms with Crippen LogP contribution in [0.25, 0.3) is 0 Å². The fourth-order valence-electron chi connectivity index (χ4n) is 13.8. The Morgan fingerprint density at radius 2 is 1.11 bits per heavy atom. The molecule has 7 amide bonds. The van der Waals surface area contributed by atoms with Crippen LogP contribution >= 0.6 is 0 Å². The Morgan fingerprint density at radius 3 is 1.57 bits per heavy atom. The number of benzene rings is 2. The second kappa shape index (κ2) is 57.8. The third kappa shape index (κ3) is 38.7. The molecule has 0 unspecified atom stereocenters. The number of aliphatic hydroxyl groups is 1. The smallest absolute Gasteiger partial charge is 0.410 e. The van der Waals surface area contributed by atoms with E-state index >= 15 is 0 Å². The second-order valence-corrected chi connectivity index (χ2v) is 30.1. The molecule has 114 heavy (non-hydrogen) atoms. The van der Waals surface area contributed by atoms with Crippen molar-refractivity contribution in [2.45, 2.75) is 189 Å². The number of rotatable bonds is 65. The second-order valence-electron chi connectivity index (χ2n) is 30.1. The number of urea groups is 1. The average molecular weight is 1620 g/mol. The lowest BCUT2D eigenvalue weighted by atomic mass is 9.83. The summed E-state index contributed by atoms with van der Waals surface area (Å²) in [4.78, 5) is 139. The number of likely N-dealkylation sites (N-methyl/N-ethyl adjacent to an activating group) is 2. The number of carbonyl (C=O) groups is 10. The van der Waals surface area contributed by atoms with E-state index in [9.17, 15) is 53.1 Å². The summed E-state index contributed by atoms with van der Waals surface area (Å²) in [5, 5.41) is 27.8. The minimum atomic E-state index is -0.973. The average Bonchev–Trinajstić information content (AvgIpc) is 1.30. The molecule has 1 aliphatic rings. The van der Waals surface area contributed by atoms with Crippen molar-refractivity contribution >= 4 is 64.8 Å². The Kier molecular flexibility index (Phi) is 51.3. The molecule has 0 aromatic heterocycles. The van der Waals surface area contributed by atoms with E-state index in [1.807, 2.05) is 85.7 Å². The summed E-state index contributed by atoms with van der Waals surface area (Å²) in [6, 6.07) is 12.2. The number of aliphatic hydroxyl groups excluding tert-OH is 1. The lowest BCUT2D eigenvalue weighted by Crippen LogP contribution is -2.54. The van der Waals surface area contributed by atoms with Gasteiger partial charge in [-0.3, -0.25) is 38.4 Å². The van der Waals surface area contributed by atoms with Crippen LogP contribution < -0.4 is 21.7 Å². The van der Waals surface area contributed by atoms with Crippen molar-refractivity contribution in [3.05, 3.63) is 65.7 Å². The highest BCUT2D eigenvalue weighted by molar-refractivity contribution is 5.97. The van der Waals surface area contributed by atoms with Crippen molar-refractivity contribution in [2.24, 2.45) is 53.1 Å². The first-order valence-electron chi connectivity index (χ1n) is 40.5. The predicted octanol–water partition coefficient (Wildman–Crippen LogP) is 7.88. The number of amides is 7. The van der Waals surface area contributed by atoms with Crippen molar-refractivity contribution < 1.29 is 115 Å². The molecule has 648 valence electrons. The highest BCUT2D eigenvalue weighted by Gasteiger charge is 2.44. The maximum Gasteiger partial charge on any atom is 0.410 e. The molecule has 2 aromatic rings. The number of Topliss-reactive ketones (excluding diaryl/α,β-unsaturated/α-hetero) is 3. The number of ether oxygens (including phenoxy) is 12. The Labute approximate surface area is 675 Å². The molecule has 0 aliphatic carbocycles. The third-order valence-corrected chi connectivity index (χ3v) is 20.4. The van der Waals surface area contributed by atoms with Crippen LogP contribution in [-0.2, 0) is 102 Å². The Bertz CT molecular complexity index is 3100. The van der Waals surface area contributed by atoms with Gasteiger partial charge in [-0.2, -0.15) is 0 Å². The number of anilines is 1. The summed E-state index contributed by atoms with van der Waals surface area (Å²) in [7, 11) is 6.24. The largest absolute Gasteiger partial charge is 0.481 e. The molecule has 2 aromatic carbocycles. The van der Waals surface area contributed by atoms with E-state index in [0.717, 1.165) is 5.56 Å². The highest BCUT2D eigenvalue weighted by atomic mass is 16.6. The quantitative estimate of drug-likeness (QED) is 0.0343. The van der Waals surface area contributed by atoms with E-state index < -0.39 is 90.1 Å². The first-order valence-corrected chi connectivity index (χ1v) is 40.5. The number of hydrogen-bond acceptors (Lipinski definition) is 23. The summed E-state index contributed by atoms with van der Waals surface area (Å²) in [6.07, 6.45) is -0.874. The number of carbonyl (C=O) groups excluding carboxylic acids is 9. The Hall–Kier alpha value is -7.14. The Morgan fingerprint density at radius 1 is 0.588 bits per heavy atom. The van der Waals surface area contributed by atoms with Crippen molar-refractivity contribution in [2.75, 3.05) is 166 Å². The number of likely N-dealkylation sites (tertiary alicyclic amines) is 1. The lowest BCUT2D eigenvalue weighted by Gasteiger charge is -2.41. The number of aliphatic carboxylic acids is 1. The van der Waals surface area contributed by atoms with Gasteiger partial charge in [-0.15, -0.1) is 0 Å². The highest BCUT2D eigenvalue weighted by Crippen LogP contribution is 2.34. The molecule has 7 N–H and O–H groups in total. The van der Waals surface area contributed by atoms with Crippen LogP contribution in [0, 0.1) is 47.3 Å². The number of ketones is 3. The SMILES string of the molecule is CC[C@H](C)[C@@H]([C@@H](CC(=O)N1CCC[C@H]1[C@H](OC)[C@@H](C)C(=O)C[C@H](C)[C@@H](O)c1ccccc1)OC)N(C)C(=O)[C@@H](CC(=O)[C@H](C(C)C)N(C)C(=O)OCc1ccc(NC(=O)[C@H](CCCNC(N)=O)CC(=O)[C@@H](NC(=O)CCOCCOCCOCCOCCOCCOCCOCCOCCOCCC(=O)O)C(C)C)cc1)C(C)C. The van der Waals surface area contributed by atoms with Gasteiger partial charge in [-0.05, 0) is 78.5 Å². The first kappa shape index (κ1) is 101. The van der Waals surface area contributed by atoms with Gasteiger partial charge in [0.2, 0.25) is 23.6 Å². The van der Waals surface area contributed by atoms with Gasteiger partial charge in [0.15, 0.2) is 11.6 Å². The van der Waals surface area contributed by atoms with Crippen molar-refractivity contribution in [1.82, 2.24) is 25.3 Å². The molecule has 1 heterocycles. The van der Waals surface area contributed by atoms with Crippen LogP contribution in [0.5, 0.6) is 0 Å². The molecule has 12 atom stereocenters. The van der Waals surface area contributed by atoms with Crippen LogP contribution in [0.1, 0.15) is 157 Å². The van der Waals surface area contributed by atoms with Gasteiger partial charge in [0.25, 0.3) is 0 Å². The molecule has 0 saturated carbocycles. The van der Waals surface area contributed by atoms with Crippen LogP contribution in [0.4, 0.5) is 15.3 Å². The minimum absolute atomic E-state index is 0.0275. The minimum Gasteiger partial charge on any atom is -0.481 e.